The number of benzene rings is 20. The molecule has 0 atom stereocenters. The first-order valence-corrected chi connectivity index (χ1v) is 49.3. The number of hydrogen-bond acceptors (Lipinski definition) is 0. The van der Waals surface area contributed by atoms with Gasteiger partial charge in [-0.1, -0.05) is 446 Å². The molecule has 0 saturated heterocycles. The van der Waals surface area contributed by atoms with Gasteiger partial charge >= 0.3 is 0 Å². The smallest absolute Gasteiger partial charge is 0.0632 e. The van der Waals surface area contributed by atoms with Crippen molar-refractivity contribution in [3.05, 3.63) is 500 Å². The van der Waals surface area contributed by atoms with Crippen LogP contribution in [0.3, 0.4) is 0 Å². The summed E-state index contributed by atoms with van der Waals surface area (Å²) in [6.07, 6.45) is 0. The first kappa shape index (κ1) is 77.3. The molecule has 0 aliphatic heterocycles. The average Bonchev–Trinajstić information content (AvgIpc) is 1.55. The van der Waals surface area contributed by atoms with Crippen molar-refractivity contribution in [1.29, 1.82) is 0 Å². The molecule has 25 aromatic rings. The highest BCUT2D eigenvalue weighted by atomic mass is 15.0. The maximum Gasteiger partial charge on any atom is 0.0632 e. The molecule has 5 heterocycles. The van der Waals surface area contributed by atoms with Gasteiger partial charge in [0.15, 0.2) is 0 Å². The first-order chi connectivity index (χ1) is 74.9. The summed E-state index contributed by atoms with van der Waals surface area (Å²) < 4.78 is 123. The van der Waals surface area contributed by atoms with E-state index in [0.717, 1.165) is 127 Å². The van der Waals surface area contributed by atoms with Gasteiger partial charge in [0, 0.05) is 76.6 Å². The van der Waals surface area contributed by atoms with Crippen LogP contribution in [-0.4, -0.2) is 22.8 Å². The highest BCUT2D eigenvalue weighted by Gasteiger charge is 2.34. The van der Waals surface area contributed by atoms with Crippen LogP contribution in [0.15, 0.2) is 467 Å². The zero-order valence-corrected chi connectivity index (χ0v) is 83.2. The molecule has 0 saturated carbocycles. The molecule has 0 aliphatic rings. The molecule has 5 nitrogen and oxygen atoms in total. The third-order valence-electron chi connectivity index (χ3n) is 27.7. The van der Waals surface area contributed by atoms with Crippen molar-refractivity contribution in [3.8, 4) is 95.2 Å². The van der Waals surface area contributed by atoms with Gasteiger partial charge in [0.25, 0.3) is 0 Å². The van der Waals surface area contributed by atoms with E-state index in [9.17, 15) is 0 Å². The Hall–Kier alpha value is -16.6. The van der Waals surface area contributed by atoms with E-state index in [2.05, 4.69) is 385 Å². The lowest BCUT2D eigenvalue weighted by atomic mass is 9.78. The van der Waals surface area contributed by atoms with E-state index in [-0.39, 0.29) is 106 Å². The minimum absolute atomic E-state index is 0.00145. The molecule has 143 heavy (non-hydrogen) atoms. The fourth-order valence-corrected chi connectivity index (χ4v) is 21.9. The minimum Gasteiger partial charge on any atom is -0.309 e. The maximum atomic E-state index is 8.90. The van der Waals surface area contributed by atoms with Gasteiger partial charge in [-0.15, -0.1) is 0 Å². The van der Waals surface area contributed by atoms with E-state index in [1.807, 2.05) is 109 Å². The van der Waals surface area contributed by atoms with Crippen LogP contribution in [0.5, 0.6) is 0 Å². The molecule has 0 bridgehead atoms. The summed E-state index contributed by atoms with van der Waals surface area (Å²) in [7, 11) is 0. The molecule has 0 aliphatic carbocycles. The summed E-state index contributed by atoms with van der Waals surface area (Å²) in [5.74, 6) is 0. The van der Waals surface area contributed by atoms with Crippen molar-refractivity contribution in [3.63, 3.8) is 0 Å². The van der Waals surface area contributed by atoms with Gasteiger partial charge < -0.3 is 22.8 Å². The Morgan fingerprint density at radius 2 is 0.476 bits per heavy atom. The Kier molecular flexibility index (Phi) is 20.1. The number of para-hydroxylation sites is 6. The monoisotopic (exact) mass is 1860 g/mol. The van der Waals surface area contributed by atoms with E-state index in [1.165, 1.54) is 77.2 Å². The average molecular weight is 1860 g/mol. The fourth-order valence-electron chi connectivity index (χ4n) is 21.9. The molecule has 20 aromatic carbocycles. The molecule has 0 amide bonds. The predicted molar refractivity (Wildman–Crippen MR) is 614 cm³/mol. The molecule has 0 N–H and O–H groups in total. The van der Waals surface area contributed by atoms with Crippen LogP contribution in [0.25, 0.3) is 204 Å². The van der Waals surface area contributed by atoms with Gasteiger partial charge in [0.05, 0.1) is 78.7 Å². The van der Waals surface area contributed by atoms with Gasteiger partial charge in [0.2, 0.25) is 0 Å². The van der Waals surface area contributed by atoms with Gasteiger partial charge in [-0.05, 0) is 240 Å². The minimum atomic E-state index is -0.389. The summed E-state index contributed by atoms with van der Waals surface area (Å²) in [5, 5.41) is 11.3. The Balaban J connectivity index is 0.000000117. The molecule has 5 aromatic heterocycles. The number of fused-ring (bicyclic) bond motifs is 15. The van der Waals surface area contributed by atoms with E-state index in [0.29, 0.717) is 27.8 Å². The molecular weight excluding hydrogens is 1730 g/mol. The van der Waals surface area contributed by atoms with Crippen molar-refractivity contribution in [2.24, 2.45) is 0 Å². The van der Waals surface area contributed by atoms with Gasteiger partial charge in [0.1, 0.15) is 0 Å². The first-order valence-electron chi connectivity index (χ1n) is 55.8. The van der Waals surface area contributed by atoms with Crippen molar-refractivity contribution in [1.82, 2.24) is 22.8 Å². The zero-order valence-electron chi connectivity index (χ0n) is 96.2. The van der Waals surface area contributed by atoms with Crippen molar-refractivity contribution < 1.29 is 17.8 Å². The van der Waals surface area contributed by atoms with Crippen LogP contribution in [0, 0.1) is 13.8 Å². The molecular formula is C138H119N5. The van der Waals surface area contributed by atoms with Gasteiger partial charge in [-0.25, -0.2) is 0 Å². The summed E-state index contributed by atoms with van der Waals surface area (Å²) in [4.78, 5) is 0. The maximum absolute atomic E-state index is 8.90. The summed E-state index contributed by atoms with van der Waals surface area (Å²) in [6.45, 7) is 30.1. The van der Waals surface area contributed by atoms with Crippen LogP contribution < -0.4 is 0 Å². The van der Waals surface area contributed by atoms with Gasteiger partial charge in [-0.2, -0.15) is 0 Å². The van der Waals surface area contributed by atoms with Crippen molar-refractivity contribution in [2.75, 3.05) is 0 Å². The van der Waals surface area contributed by atoms with Crippen LogP contribution in [0.4, 0.5) is 0 Å². The number of hydrogen-bond donors (Lipinski definition) is 0. The molecule has 0 spiro atoms. The summed E-state index contributed by atoms with van der Waals surface area (Å²) in [5.41, 5.74) is 31.2. The molecule has 696 valence electrons. The topological polar surface area (TPSA) is 24.6 Å². The Morgan fingerprint density at radius 1 is 0.182 bits per heavy atom. The third-order valence-corrected chi connectivity index (χ3v) is 27.7. The van der Waals surface area contributed by atoms with Crippen LogP contribution in [0.2, 0.25) is 0 Å². The molecule has 5 heteroatoms. The number of aromatic nitrogens is 5. The normalized spacial score (nSPS) is 13.3. The van der Waals surface area contributed by atoms with E-state index in [4.69, 9.17) is 17.8 Å². The number of rotatable bonds is 11. The standard InChI is InChI=1S/C40H32N2.C35H31N.C34H29N.C29H27N/c1-40(2,3)39-36(42-32-22-12-10-19-30(32)31-20-11-13-23-33(31)42)26-25-35-38(39)37-29(27-15-6-4-7-16-27)21-14-24-34(37)41(35)28-17-8-5-9-18-28;1-24-18-20-26(21-19-24)29-22-23-31-33(34(29)35(2,3)4)32-28(25-12-7-5-8-13-25)16-11-17-30(32)36(31)27-14-9-6-10-15-27;1-34(2,3)33-28(25-16-9-5-10-17-25)22-23-30-32(33)31-27(24-14-7-4-8-15-24)20-13-21-29(31)35(30)26-18-11-6-12-19-26;1-20-11-8-12-21(19-20)23-15-9-17-25-27(23)28-24(29(2,3)4)16-10-18-26(28)30(25)22-13-6-5-7-14-22/h4-26H,1-3H3;5-23H,1-4H3;4-23H,1-3H3;5-19H,1-4H3/i;18D,19D,20D,21D;4D,7D,8D,14D,15D;8D,11D,12D,19D. The number of nitrogens with zero attached hydrogens (tertiary/aromatic N) is 5. The van der Waals surface area contributed by atoms with E-state index < -0.39 is 0 Å². The Bertz CT molecular complexity index is 9790. The van der Waals surface area contributed by atoms with Crippen molar-refractivity contribution >= 4 is 109 Å². The highest BCUT2D eigenvalue weighted by molar-refractivity contribution is 6.23. The third kappa shape index (κ3) is 16.7. The zero-order chi connectivity index (χ0) is 109. The second-order valence-electron chi connectivity index (χ2n) is 41.3. The lowest BCUT2D eigenvalue weighted by Crippen LogP contribution is -2.16. The van der Waals surface area contributed by atoms with Gasteiger partial charge in [-0.3, -0.25) is 0 Å². The second kappa shape index (κ2) is 37.2. The lowest BCUT2D eigenvalue weighted by Gasteiger charge is -2.26. The molecule has 0 fully saturated rings. The fraction of sp³-hybridized carbons (Fsp3) is 0.130. The second-order valence-corrected chi connectivity index (χ2v) is 41.3. The molecule has 0 radical (unpaired) electrons. The molecule has 0 unspecified atom stereocenters. The Labute approximate surface area is 858 Å². The Morgan fingerprint density at radius 3 is 0.867 bits per heavy atom. The largest absolute Gasteiger partial charge is 0.309 e. The predicted octanol–water partition coefficient (Wildman–Crippen LogP) is 38.0. The highest BCUT2D eigenvalue weighted by Crippen LogP contribution is 2.53. The van der Waals surface area contributed by atoms with Crippen LogP contribution in [-0.2, 0) is 21.7 Å². The summed E-state index contributed by atoms with van der Waals surface area (Å²) in [6, 6.07) is 134. The van der Waals surface area contributed by atoms with E-state index >= 15 is 0 Å². The summed E-state index contributed by atoms with van der Waals surface area (Å²) >= 11 is 0. The van der Waals surface area contributed by atoms with Crippen LogP contribution >= 0.6 is 0 Å². The quantitative estimate of drug-likeness (QED) is 0.123. The molecule has 25 rings (SSSR count). The SMILES string of the molecule is CC(C)(C)c1c(-n2c3ccccc3c3ccccc32)ccc2c1c1c(-c3ccccc3)cccc1n2-c1ccccc1.[2H]c1c([2H])c(-c2ccc3c(c2C(C)(C)C)c2c(-c4ccccc4)cccc2n3-c2ccccc2)c([2H])c([2H])c1C.[2H]c1c([2H])c(C)c([2H])c(-c2cccc3c2c2c(C(C)(C)C)cccc2n3-c2ccccc2)c1[2H].[2H]c1c([2H])c([2H])c(-c2cccc3c2c2c(C(C)(C)C)c(-c4ccccc4)ccc2n3-c2ccccc2)c([2H])c1[2H]. The van der Waals surface area contributed by atoms with Crippen LogP contribution in [0.1, 0.15) is 134 Å². The van der Waals surface area contributed by atoms with Crippen molar-refractivity contribution in [2.45, 2.75) is 119 Å². The van der Waals surface area contributed by atoms with E-state index in [1.54, 1.807) is 13.8 Å². The lowest BCUT2D eigenvalue weighted by molar-refractivity contribution is 0.593.